The van der Waals surface area contributed by atoms with Crippen LogP contribution in [-0.4, -0.2) is 13.3 Å². The first kappa shape index (κ1) is 11.8. The Kier molecular flexibility index (Phi) is 4.88. The predicted molar refractivity (Wildman–Crippen MR) is 64.9 cm³/mol. The summed E-state index contributed by atoms with van der Waals surface area (Å²) in [7, 11) is 1.63. The topological polar surface area (TPSA) is 21.6 Å². The van der Waals surface area contributed by atoms with Crippen LogP contribution < -0.4 is 0 Å². The quantitative estimate of drug-likeness (QED) is 0.390. The highest BCUT2D eigenvalue weighted by Gasteiger charge is 2.06. The van der Waals surface area contributed by atoms with Gasteiger partial charge in [0, 0.05) is 12.3 Å². The van der Waals surface area contributed by atoms with Crippen molar-refractivity contribution in [2.45, 2.75) is 32.6 Å². The molecule has 0 atom stereocenters. The molecule has 0 amide bonds. The third-order valence-corrected chi connectivity index (χ3v) is 2.47. The minimum Gasteiger partial charge on any atom is -0.481 e. The lowest BCUT2D eigenvalue weighted by atomic mass is 9.94. The van der Waals surface area contributed by atoms with Crippen molar-refractivity contribution in [1.82, 2.24) is 0 Å². The summed E-state index contributed by atoms with van der Waals surface area (Å²) >= 11 is 0. The number of allylic oxidation sites excluding steroid dienone is 4. The summed E-state index contributed by atoms with van der Waals surface area (Å²) in [5.41, 5.74) is 2.36. The number of hydrogen-bond donors (Lipinski definition) is 0. The first-order chi connectivity index (χ1) is 7.27. The van der Waals surface area contributed by atoms with E-state index in [1.807, 2.05) is 13.0 Å². The second-order valence-corrected chi connectivity index (χ2v) is 3.57. The van der Waals surface area contributed by atoms with Gasteiger partial charge in [-0.1, -0.05) is 12.7 Å². The van der Waals surface area contributed by atoms with Gasteiger partial charge in [-0.05, 0) is 43.8 Å². The zero-order chi connectivity index (χ0) is 11.1. The lowest BCUT2D eigenvalue weighted by Gasteiger charge is -2.12. The fourth-order valence-electron chi connectivity index (χ4n) is 1.65. The molecule has 15 heavy (non-hydrogen) atoms. The van der Waals surface area contributed by atoms with Crippen LogP contribution in [-0.2, 0) is 4.74 Å². The molecule has 2 nitrogen and oxygen atoms in total. The van der Waals surface area contributed by atoms with Crippen molar-refractivity contribution < 1.29 is 4.74 Å². The summed E-state index contributed by atoms with van der Waals surface area (Å²) in [6.45, 7) is 5.92. The summed E-state index contributed by atoms with van der Waals surface area (Å²) in [4.78, 5) is 4.10. The predicted octanol–water partition coefficient (Wildman–Crippen LogP) is 3.62. The molecule has 0 spiro atoms. The van der Waals surface area contributed by atoms with E-state index >= 15 is 0 Å². The molecule has 82 valence electrons. The molecule has 0 saturated heterocycles. The van der Waals surface area contributed by atoms with Crippen LogP contribution in [0.3, 0.4) is 0 Å². The van der Waals surface area contributed by atoms with Crippen LogP contribution >= 0.6 is 0 Å². The molecule has 0 saturated carbocycles. The number of rotatable bonds is 4. The van der Waals surface area contributed by atoms with Gasteiger partial charge in [0.05, 0.1) is 7.11 Å². The first-order valence-electron chi connectivity index (χ1n) is 5.40. The lowest BCUT2D eigenvalue weighted by Crippen LogP contribution is -1.94. The first-order valence-corrected chi connectivity index (χ1v) is 5.40. The summed E-state index contributed by atoms with van der Waals surface area (Å²) < 4.78 is 5.13. The van der Waals surface area contributed by atoms with E-state index in [2.05, 4.69) is 17.6 Å². The van der Waals surface area contributed by atoms with Crippen molar-refractivity contribution >= 4 is 6.21 Å². The van der Waals surface area contributed by atoms with Gasteiger partial charge >= 0.3 is 0 Å². The third-order valence-electron chi connectivity index (χ3n) is 2.47. The second-order valence-electron chi connectivity index (χ2n) is 3.57. The van der Waals surface area contributed by atoms with Crippen molar-refractivity contribution in [3.63, 3.8) is 0 Å². The minimum atomic E-state index is 0.619. The molecular weight excluding hydrogens is 186 g/mol. The maximum absolute atomic E-state index is 5.13. The SMILES string of the molecule is C=C(/C=C(\N=C/C)OC)C1=CCCCC1. The van der Waals surface area contributed by atoms with Gasteiger partial charge in [-0.25, -0.2) is 4.99 Å². The lowest BCUT2D eigenvalue weighted by molar-refractivity contribution is 0.288. The van der Waals surface area contributed by atoms with E-state index in [-0.39, 0.29) is 0 Å². The molecule has 1 aliphatic carbocycles. The molecule has 1 rings (SSSR count). The molecule has 0 heterocycles. The molecule has 0 aliphatic heterocycles. The van der Waals surface area contributed by atoms with Crippen molar-refractivity contribution in [2.24, 2.45) is 4.99 Å². The van der Waals surface area contributed by atoms with Crippen molar-refractivity contribution in [3.8, 4) is 0 Å². The van der Waals surface area contributed by atoms with E-state index in [9.17, 15) is 0 Å². The van der Waals surface area contributed by atoms with Gasteiger partial charge in [0.15, 0.2) is 0 Å². The van der Waals surface area contributed by atoms with Crippen molar-refractivity contribution in [3.05, 3.63) is 35.8 Å². The van der Waals surface area contributed by atoms with Crippen LogP contribution in [0.2, 0.25) is 0 Å². The molecule has 1 aliphatic rings. The number of methoxy groups -OCH3 is 1. The van der Waals surface area contributed by atoms with E-state index in [0.717, 1.165) is 12.0 Å². The molecule has 0 radical (unpaired) electrons. The molecule has 2 heteroatoms. The molecule has 0 aromatic carbocycles. The van der Waals surface area contributed by atoms with E-state index < -0.39 is 0 Å². The Hall–Kier alpha value is -1.31. The van der Waals surface area contributed by atoms with Crippen LogP contribution in [0.15, 0.2) is 40.8 Å². The number of ether oxygens (including phenoxy) is 1. The third kappa shape index (κ3) is 3.74. The van der Waals surface area contributed by atoms with Crippen molar-refractivity contribution in [2.75, 3.05) is 7.11 Å². The Labute approximate surface area is 92.1 Å². The van der Waals surface area contributed by atoms with Crippen molar-refractivity contribution in [1.29, 1.82) is 0 Å². The number of nitrogens with zero attached hydrogens (tertiary/aromatic N) is 1. The summed E-state index contributed by atoms with van der Waals surface area (Å²) in [5.74, 6) is 0.619. The van der Waals surface area contributed by atoms with Crippen LogP contribution in [0, 0.1) is 0 Å². The molecule has 0 bridgehead atoms. The largest absolute Gasteiger partial charge is 0.481 e. The maximum atomic E-state index is 5.13. The zero-order valence-electron chi connectivity index (χ0n) is 9.62. The average molecular weight is 205 g/mol. The Morgan fingerprint density at radius 3 is 2.87 bits per heavy atom. The molecule has 0 N–H and O–H groups in total. The Morgan fingerprint density at radius 1 is 1.53 bits per heavy atom. The molecule has 0 unspecified atom stereocenters. The monoisotopic (exact) mass is 205 g/mol. The highest BCUT2D eigenvalue weighted by Crippen LogP contribution is 2.24. The fraction of sp³-hybridized carbons (Fsp3) is 0.462. The summed E-state index contributed by atoms with van der Waals surface area (Å²) in [6.07, 6.45) is 10.7. The van der Waals surface area contributed by atoms with Gasteiger partial charge in [0.25, 0.3) is 0 Å². The van der Waals surface area contributed by atoms with Crippen LogP contribution in [0.4, 0.5) is 0 Å². The Bertz CT molecular complexity index is 310. The van der Waals surface area contributed by atoms with Gasteiger partial charge in [-0.15, -0.1) is 0 Å². The standard InChI is InChI=1S/C13H19NO/c1-4-14-13(15-3)10-11(2)12-8-6-5-7-9-12/h4,8,10H,2,5-7,9H2,1,3H3/b13-10+,14-4-. The van der Waals surface area contributed by atoms with Gasteiger partial charge in [-0.2, -0.15) is 0 Å². The Morgan fingerprint density at radius 2 is 2.33 bits per heavy atom. The van der Waals surface area contributed by atoms with Gasteiger partial charge in [0.1, 0.15) is 0 Å². The van der Waals surface area contributed by atoms with E-state index in [0.29, 0.717) is 5.88 Å². The van der Waals surface area contributed by atoms with E-state index in [1.54, 1.807) is 13.3 Å². The van der Waals surface area contributed by atoms with Gasteiger partial charge in [-0.3, -0.25) is 0 Å². The normalized spacial score (nSPS) is 17.7. The second kappa shape index (κ2) is 6.23. The molecule has 0 fully saturated rings. The fourth-order valence-corrected chi connectivity index (χ4v) is 1.65. The Balaban J connectivity index is 2.71. The summed E-state index contributed by atoms with van der Waals surface area (Å²) in [5, 5.41) is 0. The van der Waals surface area contributed by atoms with Crippen LogP contribution in [0.5, 0.6) is 0 Å². The maximum Gasteiger partial charge on any atom is 0.213 e. The average Bonchev–Trinajstić information content (AvgIpc) is 2.29. The molecule has 0 aromatic rings. The molecular formula is C13H19NO. The number of aliphatic imine (C=N–C) groups is 1. The summed E-state index contributed by atoms with van der Waals surface area (Å²) in [6, 6.07) is 0. The zero-order valence-corrected chi connectivity index (χ0v) is 9.62. The van der Waals surface area contributed by atoms with Crippen LogP contribution in [0.1, 0.15) is 32.6 Å². The molecule has 0 aromatic heterocycles. The highest BCUT2D eigenvalue weighted by molar-refractivity contribution is 5.55. The van der Waals surface area contributed by atoms with Gasteiger partial charge in [0.2, 0.25) is 5.88 Å². The highest BCUT2D eigenvalue weighted by atomic mass is 16.5. The number of hydrogen-bond acceptors (Lipinski definition) is 2. The minimum absolute atomic E-state index is 0.619. The van der Waals surface area contributed by atoms with Crippen LogP contribution in [0.25, 0.3) is 0 Å². The van der Waals surface area contributed by atoms with Gasteiger partial charge < -0.3 is 4.74 Å². The van der Waals surface area contributed by atoms with E-state index in [1.165, 1.54) is 24.8 Å². The smallest absolute Gasteiger partial charge is 0.213 e. The van der Waals surface area contributed by atoms with E-state index in [4.69, 9.17) is 4.74 Å².